The van der Waals surface area contributed by atoms with E-state index in [4.69, 9.17) is 0 Å². The van der Waals surface area contributed by atoms with E-state index in [2.05, 4.69) is 27.7 Å². The highest BCUT2D eigenvalue weighted by molar-refractivity contribution is 5.47. The maximum Gasteiger partial charge on any atom is -0.00966 e. The lowest BCUT2D eigenvalue weighted by molar-refractivity contribution is 0.572. The van der Waals surface area contributed by atoms with Crippen molar-refractivity contribution in [2.75, 3.05) is 0 Å². The Morgan fingerprint density at radius 3 is 0.795 bits per heavy atom. The molecule has 39 heavy (non-hydrogen) atoms. The van der Waals surface area contributed by atoms with Crippen LogP contribution in [0.15, 0.2) is 22.3 Å². The SMILES string of the molecule is CCCCCCCCCCC1=C(CCCCCCCC)C(CCCCCCCC)=C(CCCCCCCC)C1. The Kier molecular flexibility index (Phi) is 25.9. The van der Waals surface area contributed by atoms with Crippen molar-refractivity contribution in [1.29, 1.82) is 0 Å². The number of hydrogen-bond donors (Lipinski definition) is 0. The van der Waals surface area contributed by atoms with Crippen LogP contribution in [-0.4, -0.2) is 0 Å². The molecule has 0 amide bonds. The minimum absolute atomic E-state index is 1.36. The van der Waals surface area contributed by atoms with E-state index in [1.165, 1.54) is 199 Å². The largest absolute Gasteiger partial charge is 0.0654 e. The third-order valence-electron chi connectivity index (χ3n) is 9.37. The van der Waals surface area contributed by atoms with E-state index < -0.39 is 0 Å². The van der Waals surface area contributed by atoms with Crippen molar-refractivity contribution in [2.45, 2.75) is 227 Å². The zero-order valence-corrected chi connectivity index (χ0v) is 27.9. The van der Waals surface area contributed by atoms with E-state index in [9.17, 15) is 0 Å². The predicted molar refractivity (Wildman–Crippen MR) is 180 cm³/mol. The van der Waals surface area contributed by atoms with Crippen molar-refractivity contribution < 1.29 is 0 Å². The topological polar surface area (TPSA) is 0 Å². The minimum atomic E-state index is 1.36. The summed E-state index contributed by atoms with van der Waals surface area (Å²) in [5.74, 6) is 0. The molecule has 1 rings (SSSR count). The van der Waals surface area contributed by atoms with Gasteiger partial charge in [0.05, 0.1) is 0 Å². The second-order valence-electron chi connectivity index (χ2n) is 13.1. The Bertz CT molecular complexity index is 591. The minimum Gasteiger partial charge on any atom is -0.0654 e. The molecule has 0 nitrogen and oxygen atoms in total. The molecule has 0 saturated heterocycles. The number of hydrogen-bond acceptors (Lipinski definition) is 0. The fraction of sp³-hybridized carbons (Fsp3) is 0.897. The first-order valence-electron chi connectivity index (χ1n) is 18.7. The fourth-order valence-corrected chi connectivity index (χ4v) is 6.79. The van der Waals surface area contributed by atoms with Gasteiger partial charge in [0.1, 0.15) is 0 Å². The van der Waals surface area contributed by atoms with Crippen molar-refractivity contribution in [1.82, 2.24) is 0 Å². The zero-order valence-electron chi connectivity index (χ0n) is 27.9. The lowest BCUT2D eigenvalue weighted by Crippen LogP contribution is -1.95. The number of rotatable bonds is 30. The van der Waals surface area contributed by atoms with Crippen LogP contribution in [0.4, 0.5) is 0 Å². The zero-order chi connectivity index (χ0) is 28.2. The summed E-state index contributed by atoms with van der Waals surface area (Å²) in [7, 11) is 0. The Balaban J connectivity index is 2.74. The summed E-state index contributed by atoms with van der Waals surface area (Å²) < 4.78 is 0. The van der Waals surface area contributed by atoms with E-state index in [1.807, 2.05) is 22.3 Å². The molecule has 0 aromatic rings. The molecule has 0 heterocycles. The van der Waals surface area contributed by atoms with Crippen molar-refractivity contribution in [3.8, 4) is 0 Å². The van der Waals surface area contributed by atoms with Crippen LogP contribution in [0, 0.1) is 0 Å². The molecule has 0 radical (unpaired) electrons. The van der Waals surface area contributed by atoms with Crippen LogP contribution in [0.25, 0.3) is 0 Å². The summed E-state index contributed by atoms with van der Waals surface area (Å²) >= 11 is 0. The Morgan fingerprint density at radius 2 is 0.513 bits per heavy atom. The molecule has 230 valence electrons. The van der Waals surface area contributed by atoms with Crippen LogP contribution in [-0.2, 0) is 0 Å². The first-order valence-corrected chi connectivity index (χ1v) is 18.7. The van der Waals surface area contributed by atoms with Crippen molar-refractivity contribution in [3.63, 3.8) is 0 Å². The maximum absolute atomic E-state index is 2.34. The van der Waals surface area contributed by atoms with E-state index in [0.29, 0.717) is 0 Å². The molecule has 0 aromatic heterocycles. The molecular formula is C39H74. The number of allylic oxidation sites excluding steroid dienone is 4. The Labute approximate surface area is 248 Å². The van der Waals surface area contributed by atoms with Crippen LogP contribution in [0.3, 0.4) is 0 Å². The third kappa shape index (κ3) is 19.3. The predicted octanol–water partition coefficient (Wildman–Crippen LogP) is 14.8. The lowest BCUT2D eigenvalue weighted by Gasteiger charge is -2.14. The quantitative estimate of drug-likeness (QED) is 0.0791. The molecular weight excluding hydrogens is 468 g/mol. The highest BCUT2D eigenvalue weighted by Gasteiger charge is 2.23. The number of unbranched alkanes of at least 4 members (excludes halogenated alkanes) is 22. The van der Waals surface area contributed by atoms with Crippen LogP contribution in [0.5, 0.6) is 0 Å². The monoisotopic (exact) mass is 543 g/mol. The summed E-state index contributed by atoms with van der Waals surface area (Å²) in [6.45, 7) is 9.34. The molecule has 0 heteroatoms. The molecule has 0 atom stereocenters. The van der Waals surface area contributed by atoms with Crippen molar-refractivity contribution in [2.24, 2.45) is 0 Å². The van der Waals surface area contributed by atoms with Gasteiger partial charge in [-0.2, -0.15) is 0 Å². The summed E-state index contributed by atoms with van der Waals surface area (Å²) in [5, 5.41) is 0. The molecule has 0 fully saturated rings. The van der Waals surface area contributed by atoms with Gasteiger partial charge in [-0.3, -0.25) is 0 Å². The van der Waals surface area contributed by atoms with Gasteiger partial charge >= 0.3 is 0 Å². The molecule has 1 aliphatic carbocycles. The van der Waals surface area contributed by atoms with Gasteiger partial charge in [-0.15, -0.1) is 0 Å². The molecule has 0 saturated carbocycles. The molecule has 0 aromatic carbocycles. The Morgan fingerprint density at radius 1 is 0.282 bits per heavy atom. The van der Waals surface area contributed by atoms with E-state index in [0.717, 1.165) is 0 Å². The van der Waals surface area contributed by atoms with Crippen molar-refractivity contribution in [3.05, 3.63) is 22.3 Å². The smallest absolute Gasteiger partial charge is 0.00966 e. The first-order chi connectivity index (χ1) is 19.3. The van der Waals surface area contributed by atoms with Gasteiger partial charge in [0, 0.05) is 0 Å². The molecule has 0 unspecified atom stereocenters. The molecule has 0 N–H and O–H groups in total. The van der Waals surface area contributed by atoms with Gasteiger partial charge in [0.15, 0.2) is 0 Å². The van der Waals surface area contributed by atoms with Gasteiger partial charge in [-0.25, -0.2) is 0 Å². The molecule has 0 aliphatic heterocycles. The lowest BCUT2D eigenvalue weighted by atomic mass is 9.92. The van der Waals surface area contributed by atoms with Gasteiger partial charge < -0.3 is 0 Å². The standard InChI is InChI=1S/C39H74/c1-5-9-13-17-21-22-24-28-32-37-35-36(31-27-23-18-14-10-6-2)38(33-29-25-19-15-11-7-3)39(37)34-30-26-20-16-12-8-4/h5-35H2,1-4H3. The summed E-state index contributed by atoms with van der Waals surface area (Å²) in [6, 6.07) is 0. The summed E-state index contributed by atoms with van der Waals surface area (Å²) in [4.78, 5) is 0. The highest BCUT2D eigenvalue weighted by Crippen LogP contribution is 2.42. The molecule has 0 spiro atoms. The van der Waals surface area contributed by atoms with Gasteiger partial charge in [-0.05, 0) is 68.9 Å². The van der Waals surface area contributed by atoms with Crippen molar-refractivity contribution >= 4 is 0 Å². The maximum atomic E-state index is 2.34. The van der Waals surface area contributed by atoms with Crippen LogP contribution in [0.1, 0.15) is 227 Å². The Hall–Kier alpha value is -0.520. The highest BCUT2D eigenvalue weighted by atomic mass is 14.3. The average molecular weight is 543 g/mol. The van der Waals surface area contributed by atoms with E-state index >= 15 is 0 Å². The van der Waals surface area contributed by atoms with Crippen LogP contribution in [0.2, 0.25) is 0 Å². The van der Waals surface area contributed by atoms with Crippen LogP contribution < -0.4 is 0 Å². The second kappa shape index (κ2) is 27.6. The van der Waals surface area contributed by atoms with Gasteiger partial charge in [0.25, 0.3) is 0 Å². The van der Waals surface area contributed by atoms with E-state index in [-0.39, 0.29) is 0 Å². The van der Waals surface area contributed by atoms with Crippen LogP contribution >= 0.6 is 0 Å². The summed E-state index contributed by atoms with van der Waals surface area (Å²) in [5.41, 5.74) is 7.58. The summed E-state index contributed by atoms with van der Waals surface area (Å²) in [6.07, 6.45) is 44.2. The van der Waals surface area contributed by atoms with Gasteiger partial charge in [0.2, 0.25) is 0 Å². The second-order valence-corrected chi connectivity index (χ2v) is 13.1. The molecule has 0 bridgehead atoms. The van der Waals surface area contributed by atoms with Gasteiger partial charge in [-0.1, -0.05) is 180 Å². The normalized spacial score (nSPS) is 13.8. The molecule has 1 aliphatic rings. The average Bonchev–Trinajstić information content (AvgIpc) is 3.27. The first kappa shape index (κ1) is 36.5. The third-order valence-corrected chi connectivity index (χ3v) is 9.37. The fourth-order valence-electron chi connectivity index (χ4n) is 6.79. The van der Waals surface area contributed by atoms with E-state index in [1.54, 1.807) is 0 Å².